The van der Waals surface area contributed by atoms with Crippen LogP contribution in [0.15, 0.2) is 36.7 Å². The first-order chi connectivity index (χ1) is 9.58. The predicted octanol–water partition coefficient (Wildman–Crippen LogP) is 3.99. The summed E-state index contributed by atoms with van der Waals surface area (Å²) in [6, 6.07) is 7.73. The summed E-state index contributed by atoms with van der Waals surface area (Å²) in [6.07, 6.45) is 3.52. The Bertz CT molecular complexity index is 780. The summed E-state index contributed by atoms with van der Waals surface area (Å²) in [7, 11) is 0. The first kappa shape index (κ1) is 13.4. The van der Waals surface area contributed by atoms with Crippen molar-refractivity contribution in [3.05, 3.63) is 40.2 Å². The van der Waals surface area contributed by atoms with Crippen LogP contribution in [0, 0.1) is 3.57 Å². The Labute approximate surface area is 130 Å². The summed E-state index contributed by atoms with van der Waals surface area (Å²) in [6.45, 7) is 4.21. The quantitative estimate of drug-likeness (QED) is 0.685. The zero-order valence-corrected chi connectivity index (χ0v) is 13.4. The van der Waals surface area contributed by atoms with Crippen molar-refractivity contribution in [3.8, 4) is 17.1 Å². The van der Waals surface area contributed by atoms with Crippen LogP contribution in [-0.4, -0.2) is 19.6 Å². The monoisotopic (exact) mass is 379 g/mol. The molecule has 0 unspecified atom stereocenters. The van der Waals surface area contributed by atoms with Crippen LogP contribution >= 0.6 is 22.6 Å². The highest BCUT2D eigenvalue weighted by Gasteiger charge is 2.17. The van der Waals surface area contributed by atoms with Gasteiger partial charge >= 0.3 is 0 Å². The van der Waals surface area contributed by atoms with Crippen LogP contribution in [0.25, 0.3) is 22.4 Å². The van der Waals surface area contributed by atoms with Crippen LogP contribution in [0.3, 0.4) is 0 Å². The second-order valence-corrected chi connectivity index (χ2v) is 6.17. The van der Waals surface area contributed by atoms with Crippen LogP contribution in [0.5, 0.6) is 5.75 Å². The van der Waals surface area contributed by atoms with Crippen molar-refractivity contribution in [2.24, 2.45) is 0 Å². The zero-order chi connectivity index (χ0) is 14.3. The van der Waals surface area contributed by atoms with Crippen molar-refractivity contribution in [1.82, 2.24) is 14.5 Å². The van der Waals surface area contributed by atoms with Crippen LogP contribution in [0.4, 0.5) is 0 Å². The Morgan fingerprint density at radius 1 is 1.25 bits per heavy atom. The van der Waals surface area contributed by atoms with Gasteiger partial charge in [-0.25, -0.2) is 4.98 Å². The highest BCUT2D eigenvalue weighted by molar-refractivity contribution is 14.1. The van der Waals surface area contributed by atoms with E-state index < -0.39 is 0 Å². The summed E-state index contributed by atoms with van der Waals surface area (Å²) >= 11 is 2.24. The minimum absolute atomic E-state index is 0.245. The van der Waals surface area contributed by atoms with Crippen LogP contribution in [-0.2, 0) is 0 Å². The fourth-order valence-corrected chi connectivity index (χ4v) is 2.84. The van der Waals surface area contributed by atoms with Crippen molar-refractivity contribution in [3.63, 3.8) is 0 Å². The lowest BCUT2D eigenvalue weighted by Crippen LogP contribution is -2.03. The maximum atomic E-state index is 10.1. The van der Waals surface area contributed by atoms with Crippen molar-refractivity contribution >= 4 is 33.6 Å². The minimum atomic E-state index is 0.245. The molecule has 0 saturated carbocycles. The van der Waals surface area contributed by atoms with E-state index in [-0.39, 0.29) is 11.8 Å². The van der Waals surface area contributed by atoms with E-state index in [9.17, 15) is 5.11 Å². The largest absolute Gasteiger partial charge is 0.507 e. The molecule has 2 aromatic heterocycles. The van der Waals surface area contributed by atoms with Crippen LogP contribution < -0.4 is 0 Å². The normalized spacial score (nSPS) is 11.4. The lowest BCUT2D eigenvalue weighted by atomic mass is 10.2. The maximum Gasteiger partial charge on any atom is 0.145 e. The molecule has 4 nitrogen and oxygen atoms in total. The molecule has 3 rings (SSSR count). The summed E-state index contributed by atoms with van der Waals surface area (Å²) in [5.41, 5.74) is 2.62. The molecule has 0 saturated heterocycles. The van der Waals surface area contributed by atoms with Crippen LogP contribution in [0.1, 0.15) is 19.9 Å². The van der Waals surface area contributed by atoms with E-state index in [4.69, 9.17) is 0 Å². The second kappa shape index (κ2) is 5.05. The number of hydrogen-bond acceptors (Lipinski definition) is 3. The van der Waals surface area contributed by atoms with E-state index >= 15 is 0 Å². The first-order valence-corrected chi connectivity index (χ1v) is 7.46. The maximum absolute atomic E-state index is 10.1. The Kier molecular flexibility index (Phi) is 3.37. The third-order valence-electron chi connectivity index (χ3n) is 3.21. The Hall–Kier alpha value is -1.63. The van der Waals surface area contributed by atoms with Crippen molar-refractivity contribution in [1.29, 1.82) is 0 Å². The molecule has 0 fully saturated rings. The molecule has 2 heterocycles. The number of halogens is 1. The van der Waals surface area contributed by atoms with Gasteiger partial charge in [0, 0.05) is 15.8 Å². The highest BCUT2D eigenvalue weighted by Crippen LogP contribution is 2.34. The van der Waals surface area contributed by atoms with Gasteiger partial charge in [0.15, 0.2) is 0 Å². The van der Waals surface area contributed by atoms with E-state index in [2.05, 4.69) is 51.0 Å². The fraction of sp³-hybridized carbons (Fsp3) is 0.200. The number of benzene rings is 1. The lowest BCUT2D eigenvalue weighted by Gasteiger charge is -2.14. The number of phenolic OH excluding ortho intramolecular Hbond substituents is 1. The van der Waals surface area contributed by atoms with Gasteiger partial charge in [0.2, 0.25) is 0 Å². The minimum Gasteiger partial charge on any atom is -0.507 e. The van der Waals surface area contributed by atoms with E-state index in [0.717, 1.165) is 26.0 Å². The molecule has 102 valence electrons. The van der Waals surface area contributed by atoms with E-state index in [1.165, 1.54) is 0 Å². The van der Waals surface area contributed by atoms with E-state index in [1.807, 2.05) is 18.2 Å². The average Bonchev–Trinajstić information content (AvgIpc) is 2.80. The molecule has 20 heavy (non-hydrogen) atoms. The van der Waals surface area contributed by atoms with Gasteiger partial charge in [-0.05, 0) is 60.7 Å². The molecule has 3 aromatic rings. The smallest absolute Gasteiger partial charge is 0.145 e. The number of phenols is 1. The van der Waals surface area contributed by atoms with Crippen molar-refractivity contribution < 1.29 is 5.11 Å². The molecule has 0 aliphatic carbocycles. The van der Waals surface area contributed by atoms with E-state index in [1.54, 1.807) is 18.5 Å². The SMILES string of the molecule is CC(C)n1c(-c2cc(I)ccc2O)nc2cnccc21. The zero-order valence-electron chi connectivity index (χ0n) is 11.2. The first-order valence-electron chi connectivity index (χ1n) is 6.39. The number of hydrogen-bond donors (Lipinski definition) is 1. The van der Waals surface area contributed by atoms with Gasteiger partial charge < -0.3 is 9.67 Å². The second-order valence-electron chi connectivity index (χ2n) is 4.93. The topological polar surface area (TPSA) is 50.9 Å². The number of pyridine rings is 1. The summed E-state index contributed by atoms with van der Waals surface area (Å²) in [4.78, 5) is 8.76. The number of rotatable bonds is 2. The fourth-order valence-electron chi connectivity index (χ4n) is 2.35. The third kappa shape index (κ3) is 2.15. The summed E-state index contributed by atoms with van der Waals surface area (Å²) in [5, 5.41) is 10.1. The Morgan fingerprint density at radius 2 is 2.05 bits per heavy atom. The molecule has 1 aromatic carbocycles. The summed E-state index contributed by atoms with van der Waals surface area (Å²) < 4.78 is 3.19. The average molecular weight is 379 g/mol. The van der Waals surface area contributed by atoms with Crippen molar-refractivity contribution in [2.75, 3.05) is 0 Å². The molecule has 0 atom stereocenters. The number of aromatic hydroxyl groups is 1. The van der Waals surface area contributed by atoms with Crippen LogP contribution in [0.2, 0.25) is 0 Å². The molecular weight excluding hydrogens is 365 g/mol. The molecule has 0 spiro atoms. The number of aromatic nitrogens is 3. The third-order valence-corrected chi connectivity index (χ3v) is 3.88. The molecule has 0 bridgehead atoms. The highest BCUT2D eigenvalue weighted by atomic mass is 127. The van der Waals surface area contributed by atoms with Gasteiger partial charge in [0.05, 0.1) is 17.3 Å². The Morgan fingerprint density at radius 3 is 2.80 bits per heavy atom. The van der Waals surface area contributed by atoms with Gasteiger partial charge in [-0.1, -0.05) is 0 Å². The predicted molar refractivity (Wildman–Crippen MR) is 87.7 cm³/mol. The van der Waals surface area contributed by atoms with Gasteiger partial charge in [-0.2, -0.15) is 0 Å². The Balaban J connectivity index is 2.35. The van der Waals surface area contributed by atoms with E-state index in [0.29, 0.717) is 0 Å². The molecule has 0 amide bonds. The van der Waals surface area contributed by atoms with Crippen molar-refractivity contribution in [2.45, 2.75) is 19.9 Å². The van der Waals surface area contributed by atoms with Gasteiger partial charge in [0.25, 0.3) is 0 Å². The number of nitrogens with zero attached hydrogens (tertiary/aromatic N) is 3. The van der Waals surface area contributed by atoms with Gasteiger partial charge in [0.1, 0.15) is 17.1 Å². The molecule has 0 radical (unpaired) electrons. The molecule has 0 aliphatic rings. The van der Waals surface area contributed by atoms with Gasteiger partial charge in [-0.15, -0.1) is 0 Å². The standard InChI is InChI=1S/C15H14IN3O/c1-9(2)19-13-5-6-17-8-12(13)18-15(19)11-7-10(16)3-4-14(11)20/h3-9,20H,1-2H3. The molecular formula is C15H14IN3O. The number of imidazole rings is 1. The number of fused-ring (bicyclic) bond motifs is 1. The van der Waals surface area contributed by atoms with Gasteiger partial charge in [-0.3, -0.25) is 4.98 Å². The lowest BCUT2D eigenvalue weighted by molar-refractivity contribution is 0.476. The molecule has 0 aliphatic heterocycles. The molecule has 5 heteroatoms. The summed E-state index contributed by atoms with van der Waals surface area (Å²) in [5.74, 6) is 1.02. The molecule has 1 N–H and O–H groups in total.